The van der Waals surface area contributed by atoms with E-state index in [9.17, 15) is 9.59 Å². The summed E-state index contributed by atoms with van der Waals surface area (Å²) >= 11 is 5.84. The number of amides is 2. The molecule has 4 nitrogen and oxygen atoms in total. The fourth-order valence-corrected chi connectivity index (χ4v) is 2.43. The molecule has 1 aromatic rings. The van der Waals surface area contributed by atoms with Gasteiger partial charge in [-0.25, -0.2) is 0 Å². The van der Waals surface area contributed by atoms with Gasteiger partial charge in [0, 0.05) is 11.6 Å². The molecule has 1 unspecified atom stereocenters. The Kier molecular flexibility index (Phi) is 4.10. The number of carbonyl (C=O) groups excluding carboxylic acids is 2. The van der Waals surface area contributed by atoms with Crippen LogP contribution >= 0.6 is 11.6 Å². The fourth-order valence-electron chi connectivity index (χ4n) is 2.30. The van der Waals surface area contributed by atoms with Gasteiger partial charge >= 0.3 is 0 Å². The van der Waals surface area contributed by atoms with Crippen molar-refractivity contribution < 1.29 is 9.59 Å². The van der Waals surface area contributed by atoms with E-state index >= 15 is 0 Å². The molecule has 0 aromatic heterocycles. The zero-order chi connectivity index (χ0) is 14.0. The van der Waals surface area contributed by atoms with Crippen LogP contribution in [0.4, 0.5) is 0 Å². The van der Waals surface area contributed by atoms with Crippen molar-refractivity contribution in [2.24, 2.45) is 5.92 Å². The van der Waals surface area contributed by atoms with Gasteiger partial charge in [-0.2, -0.15) is 0 Å². The molecule has 0 spiro atoms. The monoisotopic (exact) mass is 280 g/mol. The molecule has 0 saturated carbocycles. The van der Waals surface area contributed by atoms with E-state index in [-0.39, 0.29) is 24.3 Å². The van der Waals surface area contributed by atoms with Crippen LogP contribution in [0, 0.1) is 5.92 Å². The van der Waals surface area contributed by atoms with Crippen LogP contribution in [-0.2, 0) is 16.1 Å². The minimum absolute atomic E-state index is 0.0479. The smallest absolute Gasteiger partial charge is 0.243 e. The number of nitrogens with zero attached hydrogens (tertiary/aromatic N) is 1. The summed E-state index contributed by atoms with van der Waals surface area (Å²) in [7, 11) is 0. The van der Waals surface area contributed by atoms with E-state index in [1.807, 2.05) is 26.0 Å². The third-order valence-electron chi connectivity index (χ3n) is 3.24. The van der Waals surface area contributed by atoms with E-state index < -0.39 is 6.04 Å². The molecule has 2 amide bonds. The average molecular weight is 281 g/mol. The van der Waals surface area contributed by atoms with Crippen molar-refractivity contribution in [2.75, 3.05) is 6.54 Å². The summed E-state index contributed by atoms with van der Waals surface area (Å²) in [5, 5.41) is 3.30. The largest absolute Gasteiger partial charge is 0.345 e. The number of nitrogens with one attached hydrogen (secondary N) is 1. The first-order valence-electron chi connectivity index (χ1n) is 6.30. The lowest BCUT2D eigenvalue weighted by molar-refractivity contribution is -0.148. The van der Waals surface area contributed by atoms with Crippen molar-refractivity contribution >= 4 is 23.4 Å². The highest BCUT2D eigenvalue weighted by molar-refractivity contribution is 6.30. The van der Waals surface area contributed by atoms with Gasteiger partial charge in [0.2, 0.25) is 11.8 Å². The molecular weight excluding hydrogens is 264 g/mol. The first kappa shape index (κ1) is 13.9. The molecular formula is C14H17ClN2O2. The van der Waals surface area contributed by atoms with Crippen molar-refractivity contribution in [1.82, 2.24) is 10.2 Å². The minimum atomic E-state index is -0.406. The third kappa shape index (κ3) is 3.07. The highest BCUT2D eigenvalue weighted by Crippen LogP contribution is 2.19. The number of halogens is 1. The Balaban J connectivity index is 2.21. The Morgan fingerprint density at radius 1 is 1.32 bits per heavy atom. The molecule has 0 radical (unpaired) electrons. The molecule has 0 bridgehead atoms. The summed E-state index contributed by atoms with van der Waals surface area (Å²) in [6, 6.07) is 6.92. The van der Waals surface area contributed by atoms with E-state index in [2.05, 4.69) is 5.32 Å². The summed E-state index contributed by atoms with van der Waals surface area (Å²) in [4.78, 5) is 25.6. The Morgan fingerprint density at radius 2 is 1.95 bits per heavy atom. The van der Waals surface area contributed by atoms with E-state index in [4.69, 9.17) is 11.6 Å². The van der Waals surface area contributed by atoms with Crippen LogP contribution in [-0.4, -0.2) is 29.3 Å². The van der Waals surface area contributed by atoms with Crippen molar-refractivity contribution in [3.63, 3.8) is 0 Å². The van der Waals surface area contributed by atoms with Gasteiger partial charge in [0.15, 0.2) is 0 Å². The van der Waals surface area contributed by atoms with Crippen LogP contribution in [0.25, 0.3) is 0 Å². The van der Waals surface area contributed by atoms with Gasteiger partial charge in [-0.3, -0.25) is 9.59 Å². The van der Waals surface area contributed by atoms with Gasteiger partial charge < -0.3 is 10.2 Å². The van der Waals surface area contributed by atoms with Crippen LogP contribution < -0.4 is 5.32 Å². The minimum Gasteiger partial charge on any atom is -0.345 e. The molecule has 1 fully saturated rings. The lowest BCUT2D eigenvalue weighted by atomic mass is 9.98. The molecule has 0 aliphatic carbocycles. The second kappa shape index (κ2) is 5.61. The zero-order valence-corrected chi connectivity index (χ0v) is 11.8. The molecule has 1 aromatic carbocycles. The average Bonchev–Trinajstić information content (AvgIpc) is 2.36. The van der Waals surface area contributed by atoms with Gasteiger partial charge in [0.25, 0.3) is 0 Å². The van der Waals surface area contributed by atoms with Gasteiger partial charge in [0.1, 0.15) is 6.04 Å². The number of piperazine rings is 1. The number of hydrogen-bond donors (Lipinski definition) is 1. The Morgan fingerprint density at radius 3 is 2.53 bits per heavy atom. The van der Waals surface area contributed by atoms with Crippen molar-refractivity contribution in [2.45, 2.75) is 26.4 Å². The van der Waals surface area contributed by atoms with Gasteiger partial charge in [-0.05, 0) is 23.6 Å². The summed E-state index contributed by atoms with van der Waals surface area (Å²) in [5.41, 5.74) is 0.970. The normalized spacial score (nSPS) is 19.8. The molecule has 102 valence electrons. The summed E-state index contributed by atoms with van der Waals surface area (Å²) in [5.74, 6) is -0.0478. The molecule has 1 heterocycles. The molecule has 1 saturated heterocycles. The molecule has 1 atom stereocenters. The Hall–Kier alpha value is -1.55. The van der Waals surface area contributed by atoms with Crippen LogP contribution in [0.1, 0.15) is 19.4 Å². The summed E-state index contributed by atoms with van der Waals surface area (Å²) in [6.45, 7) is 4.40. The standard InChI is InChI=1S/C14H17ClN2O2/c1-9(2)13-14(19)16-7-12(18)17(13)8-10-3-5-11(15)6-4-10/h3-6,9,13H,7-8H2,1-2H3,(H,16,19). The molecule has 2 rings (SSSR count). The van der Waals surface area contributed by atoms with Crippen molar-refractivity contribution in [1.29, 1.82) is 0 Å². The van der Waals surface area contributed by atoms with E-state index in [1.165, 1.54) is 0 Å². The van der Waals surface area contributed by atoms with Crippen LogP contribution in [0.5, 0.6) is 0 Å². The summed E-state index contributed by atoms with van der Waals surface area (Å²) in [6.07, 6.45) is 0. The zero-order valence-electron chi connectivity index (χ0n) is 11.0. The third-order valence-corrected chi connectivity index (χ3v) is 3.49. The van der Waals surface area contributed by atoms with Crippen molar-refractivity contribution in [3.05, 3.63) is 34.9 Å². The van der Waals surface area contributed by atoms with Gasteiger partial charge in [-0.1, -0.05) is 37.6 Å². The Labute approximate surface area is 117 Å². The molecule has 1 aliphatic heterocycles. The quantitative estimate of drug-likeness (QED) is 0.918. The van der Waals surface area contributed by atoms with Crippen LogP contribution in [0.15, 0.2) is 24.3 Å². The lowest BCUT2D eigenvalue weighted by Gasteiger charge is -2.37. The van der Waals surface area contributed by atoms with Crippen molar-refractivity contribution in [3.8, 4) is 0 Å². The predicted octanol–water partition coefficient (Wildman–Crippen LogP) is 1.82. The van der Waals surface area contributed by atoms with E-state index in [1.54, 1.807) is 17.0 Å². The fraction of sp³-hybridized carbons (Fsp3) is 0.429. The topological polar surface area (TPSA) is 49.4 Å². The SMILES string of the molecule is CC(C)C1C(=O)NCC(=O)N1Cc1ccc(Cl)cc1. The predicted molar refractivity (Wildman–Crippen MR) is 73.6 cm³/mol. The number of rotatable bonds is 3. The maximum Gasteiger partial charge on any atom is 0.243 e. The van der Waals surface area contributed by atoms with E-state index in [0.29, 0.717) is 11.6 Å². The van der Waals surface area contributed by atoms with Crippen LogP contribution in [0.3, 0.4) is 0 Å². The number of hydrogen-bond acceptors (Lipinski definition) is 2. The maximum atomic E-state index is 12.0. The van der Waals surface area contributed by atoms with Gasteiger partial charge in [-0.15, -0.1) is 0 Å². The second-order valence-electron chi connectivity index (χ2n) is 5.05. The Bertz CT molecular complexity index is 485. The second-order valence-corrected chi connectivity index (χ2v) is 5.49. The molecule has 19 heavy (non-hydrogen) atoms. The van der Waals surface area contributed by atoms with E-state index in [0.717, 1.165) is 5.56 Å². The molecule has 5 heteroatoms. The molecule has 1 aliphatic rings. The maximum absolute atomic E-state index is 12.0. The van der Waals surface area contributed by atoms with Gasteiger partial charge in [0.05, 0.1) is 6.54 Å². The summed E-state index contributed by atoms with van der Waals surface area (Å²) < 4.78 is 0. The highest BCUT2D eigenvalue weighted by Gasteiger charge is 2.36. The number of benzene rings is 1. The molecule has 1 N–H and O–H groups in total. The van der Waals surface area contributed by atoms with Crippen LogP contribution in [0.2, 0.25) is 5.02 Å². The lowest BCUT2D eigenvalue weighted by Crippen LogP contribution is -2.59. The first-order chi connectivity index (χ1) is 8.99. The number of carbonyl (C=O) groups is 2. The highest BCUT2D eigenvalue weighted by atomic mass is 35.5. The first-order valence-corrected chi connectivity index (χ1v) is 6.68.